The van der Waals surface area contributed by atoms with E-state index in [0.29, 0.717) is 28.0 Å². The third kappa shape index (κ3) is 2.99. The van der Waals surface area contributed by atoms with Gasteiger partial charge in [-0.05, 0) is 47.0 Å². The maximum Gasteiger partial charge on any atom is 0.344 e. The van der Waals surface area contributed by atoms with Crippen LogP contribution in [-0.2, 0) is 0 Å². The van der Waals surface area contributed by atoms with Crippen LogP contribution in [0.25, 0.3) is 44.2 Å². The average Bonchev–Trinajstić information content (AvgIpc) is 2.73. The van der Waals surface area contributed by atoms with Gasteiger partial charge < -0.3 is 14.6 Å². The second-order valence-corrected chi connectivity index (χ2v) is 6.80. The minimum Gasteiger partial charge on any atom is -0.423 e. The number of benzene rings is 3. The van der Waals surface area contributed by atoms with Crippen LogP contribution in [0, 0.1) is 0 Å². The Hall–Kier alpha value is -4.12. The minimum atomic E-state index is -0.457. The first kappa shape index (κ1) is 17.0. The Bertz CT molecular complexity index is 1500. The molecule has 0 saturated heterocycles. The van der Waals surface area contributed by atoms with E-state index in [9.17, 15) is 9.59 Å². The van der Waals surface area contributed by atoms with Gasteiger partial charge in [-0.15, -0.1) is 0 Å². The molecule has 140 valence electrons. The van der Waals surface area contributed by atoms with Gasteiger partial charge in [0.2, 0.25) is 0 Å². The first-order valence-corrected chi connectivity index (χ1v) is 9.05. The standard InChI is InChI=1S/C24H15NO4/c25-17-8-6-16-11-19(24(27)29-22(16)12-17)15-7-9-21-20(10-15)18(13-23(26)28-21)14-4-2-1-3-5-14/h1-13H,25H2. The summed E-state index contributed by atoms with van der Waals surface area (Å²) in [5.74, 6) is 0. The van der Waals surface area contributed by atoms with Crippen molar-refractivity contribution in [3.8, 4) is 22.3 Å². The second-order valence-electron chi connectivity index (χ2n) is 6.80. The Morgan fingerprint density at radius 3 is 2.31 bits per heavy atom. The molecule has 0 aliphatic heterocycles. The third-order valence-electron chi connectivity index (χ3n) is 4.90. The summed E-state index contributed by atoms with van der Waals surface area (Å²) in [6.45, 7) is 0. The van der Waals surface area contributed by atoms with Crippen LogP contribution >= 0.6 is 0 Å². The summed E-state index contributed by atoms with van der Waals surface area (Å²) in [5.41, 5.74) is 9.06. The molecular formula is C24H15NO4. The van der Waals surface area contributed by atoms with E-state index in [0.717, 1.165) is 21.9 Å². The van der Waals surface area contributed by atoms with Crippen molar-refractivity contribution in [2.75, 3.05) is 5.73 Å². The maximum atomic E-state index is 12.6. The number of anilines is 1. The lowest BCUT2D eigenvalue weighted by atomic mass is 9.98. The van der Waals surface area contributed by atoms with Gasteiger partial charge >= 0.3 is 11.3 Å². The van der Waals surface area contributed by atoms with Gasteiger partial charge in [-0.25, -0.2) is 9.59 Å². The highest BCUT2D eigenvalue weighted by molar-refractivity contribution is 5.96. The fourth-order valence-corrected chi connectivity index (χ4v) is 3.52. The van der Waals surface area contributed by atoms with Gasteiger partial charge in [-0.1, -0.05) is 36.4 Å². The molecule has 0 saturated carbocycles. The third-order valence-corrected chi connectivity index (χ3v) is 4.90. The van der Waals surface area contributed by atoms with Crippen molar-refractivity contribution in [3.63, 3.8) is 0 Å². The number of fused-ring (bicyclic) bond motifs is 2. The van der Waals surface area contributed by atoms with Crippen LogP contribution in [0.4, 0.5) is 5.69 Å². The predicted molar refractivity (Wildman–Crippen MR) is 114 cm³/mol. The lowest BCUT2D eigenvalue weighted by Gasteiger charge is -2.08. The molecule has 5 nitrogen and oxygen atoms in total. The van der Waals surface area contributed by atoms with Gasteiger partial charge in [0, 0.05) is 28.6 Å². The Balaban J connectivity index is 1.77. The molecule has 29 heavy (non-hydrogen) atoms. The van der Waals surface area contributed by atoms with Gasteiger partial charge in [-0.2, -0.15) is 0 Å². The first-order chi connectivity index (χ1) is 14.1. The van der Waals surface area contributed by atoms with E-state index >= 15 is 0 Å². The molecular weight excluding hydrogens is 366 g/mol. The molecule has 5 rings (SSSR count). The highest BCUT2D eigenvalue weighted by Crippen LogP contribution is 2.31. The molecule has 2 N–H and O–H groups in total. The zero-order chi connectivity index (χ0) is 20.0. The smallest absolute Gasteiger partial charge is 0.344 e. The quantitative estimate of drug-likeness (QED) is 0.350. The van der Waals surface area contributed by atoms with Crippen molar-refractivity contribution in [1.82, 2.24) is 0 Å². The number of rotatable bonds is 2. The molecule has 0 spiro atoms. The highest BCUT2D eigenvalue weighted by atomic mass is 16.4. The van der Waals surface area contributed by atoms with Crippen molar-refractivity contribution in [1.29, 1.82) is 0 Å². The van der Waals surface area contributed by atoms with Gasteiger partial charge in [-0.3, -0.25) is 0 Å². The molecule has 2 aromatic heterocycles. The van der Waals surface area contributed by atoms with Gasteiger partial charge in [0.1, 0.15) is 11.2 Å². The number of nitrogen functional groups attached to an aromatic ring is 1. The van der Waals surface area contributed by atoms with Crippen LogP contribution < -0.4 is 17.0 Å². The summed E-state index contributed by atoms with van der Waals surface area (Å²) >= 11 is 0. The fourth-order valence-electron chi connectivity index (χ4n) is 3.52. The summed E-state index contributed by atoms with van der Waals surface area (Å²) < 4.78 is 10.8. The van der Waals surface area contributed by atoms with E-state index in [2.05, 4.69) is 0 Å². The molecule has 0 unspecified atom stereocenters. The fraction of sp³-hybridized carbons (Fsp3) is 0. The Morgan fingerprint density at radius 1 is 0.655 bits per heavy atom. The maximum absolute atomic E-state index is 12.6. The van der Waals surface area contributed by atoms with Crippen molar-refractivity contribution in [2.45, 2.75) is 0 Å². The number of hydrogen-bond acceptors (Lipinski definition) is 5. The first-order valence-electron chi connectivity index (χ1n) is 9.05. The van der Waals surface area contributed by atoms with Crippen molar-refractivity contribution >= 4 is 27.6 Å². The lowest BCUT2D eigenvalue weighted by Crippen LogP contribution is -2.03. The summed E-state index contributed by atoms with van der Waals surface area (Å²) in [6, 6.07) is 23.3. The van der Waals surface area contributed by atoms with E-state index < -0.39 is 11.3 Å². The molecule has 3 aromatic carbocycles. The van der Waals surface area contributed by atoms with Crippen LogP contribution in [-0.4, -0.2) is 0 Å². The Labute approximate surface area is 164 Å². The summed E-state index contributed by atoms with van der Waals surface area (Å²) in [5, 5.41) is 1.52. The van der Waals surface area contributed by atoms with E-state index in [1.54, 1.807) is 30.3 Å². The summed E-state index contributed by atoms with van der Waals surface area (Å²) in [6.07, 6.45) is 0. The molecule has 0 aliphatic rings. The van der Waals surface area contributed by atoms with Gasteiger partial charge in [0.15, 0.2) is 0 Å². The highest BCUT2D eigenvalue weighted by Gasteiger charge is 2.13. The topological polar surface area (TPSA) is 86.4 Å². The molecule has 5 aromatic rings. The van der Waals surface area contributed by atoms with E-state index in [-0.39, 0.29) is 0 Å². The molecule has 5 heteroatoms. The number of hydrogen-bond donors (Lipinski definition) is 1. The molecule has 0 aliphatic carbocycles. The zero-order valence-corrected chi connectivity index (χ0v) is 15.2. The van der Waals surface area contributed by atoms with Crippen molar-refractivity contribution < 1.29 is 8.83 Å². The van der Waals surface area contributed by atoms with E-state index in [4.69, 9.17) is 14.6 Å². The van der Waals surface area contributed by atoms with Crippen molar-refractivity contribution in [2.24, 2.45) is 0 Å². The summed E-state index contributed by atoms with van der Waals surface area (Å²) in [7, 11) is 0. The average molecular weight is 381 g/mol. The molecule has 0 radical (unpaired) electrons. The molecule has 2 heterocycles. The predicted octanol–water partition coefficient (Wildman–Crippen LogP) is 4.82. The zero-order valence-electron chi connectivity index (χ0n) is 15.2. The van der Waals surface area contributed by atoms with Crippen LogP contribution in [0.5, 0.6) is 0 Å². The van der Waals surface area contributed by atoms with Crippen molar-refractivity contribution in [3.05, 3.63) is 99.7 Å². The molecule has 0 atom stereocenters. The SMILES string of the molecule is Nc1ccc2cc(-c3ccc4oc(=O)cc(-c5ccccc5)c4c3)c(=O)oc2c1. The lowest BCUT2D eigenvalue weighted by molar-refractivity contribution is 0.561. The van der Waals surface area contributed by atoms with Crippen LogP contribution in [0.15, 0.2) is 97.3 Å². The Kier molecular flexibility index (Phi) is 3.81. The molecule has 0 fully saturated rings. The van der Waals surface area contributed by atoms with Crippen LogP contribution in [0.1, 0.15) is 0 Å². The van der Waals surface area contributed by atoms with Gasteiger partial charge in [0.25, 0.3) is 0 Å². The van der Waals surface area contributed by atoms with Crippen LogP contribution in [0.2, 0.25) is 0 Å². The Morgan fingerprint density at radius 2 is 1.48 bits per heavy atom. The summed E-state index contributed by atoms with van der Waals surface area (Å²) in [4.78, 5) is 24.6. The second kappa shape index (κ2) is 6.49. The van der Waals surface area contributed by atoms with Gasteiger partial charge in [0.05, 0.1) is 5.56 Å². The largest absolute Gasteiger partial charge is 0.423 e. The monoisotopic (exact) mass is 381 g/mol. The molecule has 0 bridgehead atoms. The van der Waals surface area contributed by atoms with E-state index in [1.807, 2.05) is 42.5 Å². The minimum absolute atomic E-state index is 0.424. The molecule has 0 amide bonds. The van der Waals surface area contributed by atoms with Crippen LogP contribution in [0.3, 0.4) is 0 Å². The normalized spacial score (nSPS) is 11.2. The number of nitrogens with two attached hydrogens (primary N) is 1. The van der Waals surface area contributed by atoms with E-state index in [1.165, 1.54) is 6.07 Å².